The molecule has 0 spiro atoms. The van der Waals surface area contributed by atoms with E-state index in [9.17, 15) is 19.7 Å². The van der Waals surface area contributed by atoms with Gasteiger partial charge >= 0.3 is 5.97 Å². The molecule has 3 aromatic rings. The maximum absolute atomic E-state index is 12.9. The largest absolute Gasteiger partial charge is 0.497 e. The van der Waals surface area contributed by atoms with Crippen LogP contribution in [-0.4, -0.2) is 34.6 Å². The first-order valence-electron chi connectivity index (χ1n) is 10.9. The molecule has 2 atom stereocenters. The standard InChI is InChI=1S/C26H24N2O7/c1-18(29)26(34-25(30)21-8-12-22(13-9-21)28(31)32)16-24(20-10-14-23(33-2)15-11-20)27(35-26)17-19-6-4-3-5-7-19/h3-15,24H,16-17H2,1-2H3/t24-,26-/m1/s1. The lowest BCUT2D eigenvalue weighted by molar-refractivity contribution is -0.384. The van der Waals surface area contributed by atoms with Crippen LogP contribution in [0.15, 0.2) is 78.9 Å². The maximum Gasteiger partial charge on any atom is 0.341 e. The molecule has 4 rings (SSSR count). The summed E-state index contributed by atoms with van der Waals surface area (Å²) in [5, 5.41) is 12.6. The summed E-state index contributed by atoms with van der Waals surface area (Å²) in [5.74, 6) is -2.45. The van der Waals surface area contributed by atoms with Crippen molar-refractivity contribution in [1.29, 1.82) is 0 Å². The predicted octanol–water partition coefficient (Wildman–Crippen LogP) is 4.62. The highest BCUT2D eigenvalue weighted by atomic mass is 16.8. The van der Waals surface area contributed by atoms with Crippen molar-refractivity contribution in [3.05, 3.63) is 106 Å². The van der Waals surface area contributed by atoms with E-state index < -0.39 is 28.5 Å². The summed E-state index contributed by atoms with van der Waals surface area (Å²) in [5.41, 5.74) is 1.72. The fourth-order valence-corrected chi connectivity index (χ4v) is 3.93. The van der Waals surface area contributed by atoms with Gasteiger partial charge in [-0.2, -0.15) is 5.06 Å². The molecule has 180 valence electrons. The quantitative estimate of drug-likeness (QED) is 0.263. The summed E-state index contributed by atoms with van der Waals surface area (Å²) in [6.07, 6.45) is 0.0697. The number of carbonyl (C=O) groups excluding carboxylic acids is 2. The van der Waals surface area contributed by atoms with Gasteiger partial charge in [0.2, 0.25) is 5.78 Å². The number of nitro benzene ring substituents is 1. The number of ether oxygens (including phenoxy) is 2. The van der Waals surface area contributed by atoms with Crippen molar-refractivity contribution in [3.63, 3.8) is 0 Å². The van der Waals surface area contributed by atoms with E-state index in [4.69, 9.17) is 14.3 Å². The minimum absolute atomic E-state index is 0.0697. The van der Waals surface area contributed by atoms with Gasteiger partial charge in [0, 0.05) is 32.0 Å². The summed E-state index contributed by atoms with van der Waals surface area (Å²) < 4.78 is 10.9. The highest BCUT2D eigenvalue weighted by Crippen LogP contribution is 2.43. The Morgan fingerprint density at radius 1 is 1.06 bits per heavy atom. The van der Waals surface area contributed by atoms with Gasteiger partial charge in [-0.25, -0.2) is 9.63 Å². The number of ketones is 1. The second-order valence-electron chi connectivity index (χ2n) is 8.15. The Balaban J connectivity index is 1.64. The number of hydroxylamine groups is 2. The molecule has 3 aromatic carbocycles. The Bertz CT molecular complexity index is 1210. The zero-order chi connectivity index (χ0) is 25.0. The highest BCUT2D eigenvalue weighted by Gasteiger charge is 2.53. The lowest BCUT2D eigenvalue weighted by Gasteiger charge is -2.26. The van der Waals surface area contributed by atoms with Gasteiger partial charge in [-0.15, -0.1) is 0 Å². The normalized spacial score (nSPS) is 19.8. The molecule has 35 heavy (non-hydrogen) atoms. The van der Waals surface area contributed by atoms with Crippen LogP contribution in [-0.2, 0) is 20.9 Å². The van der Waals surface area contributed by atoms with Gasteiger partial charge in [-0.05, 0) is 35.4 Å². The van der Waals surface area contributed by atoms with Crippen LogP contribution in [0, 0.1) is 10.1 Å². The number of non-ortho nitro benzene ring substituents is 1. The van der Waals surface area contributed by atoms with Crippen LogP contribution >= 0.6 is 0 Å². The molecule has 0 saturated carbocycles. The number of nitro groups is 1. The van der Waals surface area contributed by atoms with Gasteiger partial charge in [-0.3, -0.25) is 14.9 Å². The van der Waals surface area contributed by atoms with E-state index in [2.05, 4.69) is 0 Å². The average molecular weight is 476 g/mol. The molecule has 0 bridgehead atoms. The molecule has 1 aliphatic rings. The zero-order valence-electron chi connectivity index (χ0n) is 19.2. The van der Waals surface area contributed by atoms with Crippen LogP contribution in [0.25, 0.3) is 0 Å². The highest BCUT2D eigenvalue weighted by molar-refractivity contribution is 5.93. The number of nitrogens with zero attached hydrogens (tertiary/aromatic N) is 2. The molecule has 9 heteroatoms. The molecule has 1 aliphatic heterocycles. The summed E-state index contributed by atoms with van der Waals surface area (Å²) in [6, 6.07) is 21.5. The van der Waals surface area contributed by atoms with Crippen LogP contribution in [0.5, 0.6) is 5.75 Å². The fourth-order valence-electron chi connectivity index (χ4n) is 3.93. The van der Waals surface area contributed by atoms with Gasteiger partial charge in [0.25, 0.3) is 11.5 Å². The van der Waals surface area contributed by atoms with Crippen molar-refractivity contribution < 1.29 is 28.8 Å². The summed E-state index contributed by atoms with van der Waals surface area (Å²) >= 11 is 0. The lowest BCUT2D eigenvalue weighted by atomic mass is 9.97. The number of methoxy groups -OCH3 is 1. The van der Waals surface area contributed by atoms with E-state index in [0.29, 0.717) is 12.3 Å². The van der Waals surface area contributed by atoms with Crippen LogP contribution in [0.3, 0.4) is 0 Å². The topological polar surface area (TPSA) is 108 Å². The van der Waals surface area contributed by atoms with Gasteiger partial charge in [-0.1, -0.05) is 42.5 Å². The van der Waals surface area contributed by atoms with Crippen molar-refractivity contribution in [2.24, 2.45) is 0 Å². The van der Waals surface area contributed by atoms with Gasteiger partial charge in [0.1, 0.15) is 5.75 Å². The Labute approximate surface area is 201 Å². The van der Waals surface area contributed by atoms with E-state index in [1.807, 2.05) is 54.6 Å². The molecule has 1 fully saturated rings. The molecule has 0 aromatic heterocycles. The fraction of sp³-hybridized carbons (Fsp3) is 0.231. The Hall–Kier alpha value is -4.08. The first-order chi connectivity index (χ1) is 16.8. The minimum atomic E-state index is -1.85. The SMILES string of the molecule is COc1ccc([C@H]2C[C@](OC(=O)c3ccc([N+](=O)[O-])cc3)(C(C)=O)ON2Cc2ccccc2)cc1. The van der Waals surface area contributed by atoms with E-state index in [1.165, 1.54) is 31.2 Å². The first kappa shape index (κ1) is 24.1. The first-order valence-corrected chi connectivity index (χ1v) is 10.9. The number of carbonyl (C=O) groups is 2. The Kier molecular flexibility index (Phi) is 6.90. The van der Waals surface area contributed by atoms with Crippen molar-refractivity contribution in [2.45, 2.75) is 31.7 Å². The smallest absolute Gasteiger partial charge is 0.341 e. The van der Waals surface area contributed by atoms with Gasteiger partial charge in [0.15, 0.2) is 0 Å². The molecule has 0 unspecified atom stereocenters. The molecule has 0 aliphatic carbocycles. The molecule has 1 heterocycles. The summed E-state index contributed by atoms with van der Waals surface area (Å²) in [6.45, 7) is 1.65. The monoisotopic (exact) mass is 476 g/mol. The number of Topliss-reactive ketones (excluding diaryl/α,β-unsaturated/α-hetero) is 1. The second kappa shape index (κ2) is 10.0. The van der Waals surface area contributed by atoms with Crippen molar-refractivity contribution in [2.75, 3.05) is 7.11 Å². The third-order valence-corrected chi connectivity index (χ3v) is 5.86. The van der Waals surface area contributed by atoms with E-state index in [0.717, 1.165) is 11.1 Å². The molecule has 0 amide bonds. The maximum atomic E-state index is 12.9. The van der Waals surface area contributed by atoms with E-state index >= 15 is 0 Å². The summed E-state index contributed by atoms with van der Waals surface area (Å²) in [7, 11) is 1.58. The molecule has 0 radical (unpaired) electrons. The third-order valence-electron chi connectivity index (χ3n) is 5.86. The molecule has 0 N–H and O–H groups in total. The Morgan fingerprint density at radius 2 is 1.71 bits per heavy atom. The molecule has 9 nitrogen and oxygen atoms in total. The van der Waals surface area contributed by atoms with Gasteiger partial charge < -0.3 is 9.47 Å². The average Bonchev–Trinajstić information content (AvgIpc) is 3.23. The number of hydrogen-bond donors (Lipinski definition) is 0. The van der Waals surface area contributed by atoms with Crippen molar-refractivity contribution in [1.82, 2.24) is 5.06 Å². The molecular weight excluding hydrogens is 452 g/mol. The second-order valence-corrected chi connectivity index (χ2v) is 8.15. The van der Waals surface area contributed by atoms with Crippen LogP contribution in [0.2, 0.25) is 0 Å². The number of esters is 1. The minimum Gasteiger partial charge on any atom is -0.497 e. The number of rotatable bonds is 8. The van der Waals surface area contributed by atoms with E-state index in [-0.39, 0.29) is 17.7 Å². The van der Waals surface area contributed by atoms with Crippen molar-refractivity contribution in [3.8, 4) is 5.75 Å². The van der Waals surface area contributed by atoms with Crippen LogP contribution in [0.1, 0.15) is 40.9 Å². The molecular formula is C26H24N2O7. The third kappa shape index (κ3) is 5.21. The van der Waals surface area contributed by atoms with E-state index in [1.54, 1.807) is 12.2 Å². The van der Waals surface area contributed by atoms with Gasteiger partial charge in [0.05, 0.1) is 23.6 Å². The summed E-state index contributed by atoms with van der Waals surface area (Å²) in [4.78, 5) is 42.2. The van der Waals surface area contributed by atoms with Crippen molar-refractivity contribution >= 4 is 17.4 Å². The van der Waals surface area contributed by atoms with Crippen LogP contribution < -0.4 is 4.74 Å². The zero-order valence-corrected chi connectivity index (χ0v) is 19.2. The number of benzene rings is 3. The Morgan fingerprint density at radius 3 is 2.29 bits per heavy atom. The lowest BCUT2D eigenvalue weighted by Crippen LogP contribution is -2.42. The molecule has 1 saturated heterocycles. The van der Waals surface area contributed by atoms with Crippen LogP contribution in [0.4, 0.5) is 5.69 Å². The predicted molar refractivity (Wildman–Crippen MR) is 125 cm³/mol. The number of hydrogen-bond acceptors (Lipinski definition) is 8.